The standard InChI is InChI=1S/C19H29N5O4.HI/c1-3-20-18(23-14-8-12-24(13-9-14)19(27)28-2)22-11-10-21-17(26)15-6-4-5-7-16(15)25;/h4-7,14,25H,3,8-13H2,1-2H3,(H,21,26)(H2,20,22,23);1H. The average Bonchev–Trinajstić information content (AvgIpc) is 2.71. The summed E-state index contributed by atoms with van der Waals surface area (Å²) < 4.78 is 4.75. The van der Waals surface area contributed by atoms with Crippen LogP contribution in [-0.2, 0) is 4.74 Å². The van der Waals surface area contributed by atoms with Crippen molar-refractivity contribution >= 4 is 41.9 Å². The Labute approximate surface area is 188 Å². The van der Waals surface area contributed by atoms with E-state index in [0.717, 1.165) is 19.4 Å². The van der Waals surface area contributed by atoms with Gasteiger partial charge in [0.1, 0.15) is 5.75 Å². The summed E-state index contributed by atoms with van der Waals surface area (Å²) in [5.74, 6) is 0.300. The molecule has 0 aliphatic carbocycles. The van der Waals surface area contributed by atoms with Gasteiger partial charge in [-0.05, 0) is 31.9 Å². The van der Waals surface area contributed by atoms with Gasteiger partial charge >= 0.3 is 6.09 Å². The van der Waals surface area contributed by atoms with E-state index in [0.29, 0.717) is 32.1 Å². The number of para-hydroxylation sites is 1. The van der Waals surface area contributed by atoms with Crippen LogP contribution in [0.4, 0.5) is 4.79 Å². The third-order valence-corrected chi connectivity index (χ3v) is 4.43. The first-order chi connectivity index (χ1) is 13.5. The number of ether oxygens (including phenoxy) is 1. The minimum absolute atomic E-state index is 0. The summed E-state index contributed by atoms with van der Waals surface area (Å²) in [6.45, 7) is 4.73. The van der Waals surface area contributed by atoms with Gasteiger partial charge in [0, 0.05) is 32.2 Å². The lowest BCUT2D eigenvalue weighted by atomic mass is 10.1. The number of aromatic hydroxyl groups is 1. The Hall–Kier alpha value is -2.24. The normalized spacial score (nSPS) is 14.6. The number of methoxy groups -OCH3 is 1. The Kier molecular flexibility index (Phi) is 11.2. The Balaban J connectivity index is 0.00000420. The zero-order chi connectivity index (χ0) is 20.4. The zero-order valence-electron chi connectivity index (χ0n) is 16.8. The molecule has 2 amide bonds. The summed E-state index contributed by atoms with van der Waals surface area (Å²) in [4.78, 5) is 29.8. The molecule has 1 aliphatic heterocycles. The number of piperidine rings is 1. The smallest absolute Gasteiger partial charge is 0.409 e. The number of hydrogen-bond acceptors (Lipinski definition) is 5. The Bertz CT molecular complexity index is 693. The van der Waals surface area contributed by atoms with E-state index in [1.54, 1.807) is 23.1 Å². The number of phenolic OH excluding ortho intramolecular Hbond substituents is 1. The monoisotopic (exact) mass is 519 g/mol. The third-order valence-electron chi connectivity index (χ3n) is 4.43. The minimum Gasteiger partial charge on any atom is -0.507 e. The summed E-state index contributed by atoms with van der Waals surface area (Å²) in [5.41, 5.74) is 0.244. The first kappa shape index (κ1) is 24.8. The number of rotatable bonds is 6. The van der Waals surface area contributed by atoms with Gasteiger partial charge in [0.25, 0.3) is 5.91 Å². The highest BCUT2D eigenvalue weighted by molar-refractivity contribution is 14.0. The molecule has 0 aromatic heterocycles. The fourth-order valence-corrected chi connectivity index (χ4v) is 2.95. The second-order valence-corrected chi connectivity index (χ2v) is 6.41. The van der Waals surface area contributed by atoms with Gasteiger partial charge in [0.2, 0.25) is 0 Å². The molecule has 0 spiro atoms. The molecule has 2 rings (SSSR count). The molecular formula is C19H30IN5O4. The number of halogens is 1. The maximum absolute atomic E-state index is 12.1. The van der Waals surface area contributed by atoms with E-state index in [4.69, 9.17) is 4.74 Å². The molecule has 1 fully saturated rings. The van der Waals surface area contributed by atoms with Crippen LogP contribution in [0.1, 0.15) is 30.1 Å². The summed E-state index contributed by atoms with van der Waals surface area (Å²) in [6, 6.07) is 6.63. The van der Waals surface area contributed by atoms with Crippen LogP contribution in [0.25, 0.3) is 0 Å². The van der Waals surface area contributed by atoms with E-state index in [-0.39, 0.29) is 53.3 Å². The van der Waals surface area contributed by atoms with Crippen molar-refractivity contribution in [2.24, 2.45) is 4.99 Å². The molecule has 0 saturated carbocycles. The summed E-state index contributed by atoms with van der Waals surface area (Å²) >= 11 is 0. The van der Waals surface area contributed by atoms with E-state index < -0.39 is 0 Å². The molecule has 0 atom stereocenters. The van der Waals surface area contributed by atoms with E-state index >= 15 is 0 Å². The van der Waals surface area contributed by atoms with E-state index in [2.05, 4.69) is 20.9 Å². The summed E-state index contributed by atoms with van der Waals surface area (Å²) in [6.07, 6.45) is 1.33. The van der Waals surface area contributed by atoms with Gasteiger partial charge in [-0.25, -0.2) is 4.79 Å². The second kappa shape index (κ2) is 13.1. The fourth-order valence-electron chi connectivity index (χ4n) is 2.95. The molecule has 1 aromatic carbocycles. The maximum Gasteiger partial charge on any atom is 0.409 e. The van der Waals surface area contributed by atoms with Crippen molar-refractivity contribution in [2.45, 2.75) is 25.8 Å². The van der Waals surface area contributed by atoms with Crippen LogP contribution in [0.3, 0.4) is 0 Å². The molecule has 1 saturated heterocycles. The van der Waals surface area contributed by atoms with Crippen LogP contribution in [0.15, 0.2) is 29.3 Å². The number of carbonyl (C=O) groups excluding carboxylic acids is 2. The van der Waals surface area contributed by atoms with Crippen LogP contribution in [0, 0.1) is 0 Å². The van der Waals surface area contributed by atoms with E-state index in [1.165, 1.54) is 13.2 Å². The van der Waals surface area contributed by atoms with Crippen LogP contribution in [0.2, 0.25) is 0 Å². The van der Waals surface area contributed by atoms with Crippen molar-refractivity contribution in [2.75, 3.05) is 39.8 Å². The number of hydrogen-bond donors (Lipinski definition) is 4. The lowest BCUT2D eigenvalue weighted by Crippen LogP contribution is -2.50. The molecule has 1 aliphatic rings. The number of phenols is 1. The van der Waals surface area contributed by atoms with Crippen LogP contribution >= 0.6 is 24.0 Å². The van der Waals surface area contributed by atoms with Gasteiger partial charge in [-0.1, -0.05) is 12.1 Å². The van der Waals surface area contributed by atoms with Crippen molar-refractivity contribution in [3.63, 3.8) is 0 Å². The Morgan fingerprint density at radius 1 is 1.24 bits per heavy atom. The lowest BCUT2D eigenvalue weighted by molar-refractivity contribution is 0.0951. The van der Waals surface area contributed by atoms with Crippen molar-refractivity contribution in [1.29, 1.82) is 0 Å². The van der Waals surface area contributed by atoms with Gasteiger partial charge in [0.15, 0.2) is 5.96 Å². The van der Waals surface area contributed by atoms with Gasteiger partial charge < -0.3 is 30.7 Å². The Morgan fingerprint density at radius 2 is 1.93 bits per heavy atom. The quantitative estimate of drug-likeness (QED) is 0.196. The van der Waals surface area contributed by atoms with E-state index in [1.807, 2.05) is 6.92 Å². The predicted molar refractivity (Wildman–Crippen MR) is 122 cm³/mol. The van der Waals surface area contributed by atoms with Crippen molar-refractivity contribution in [3.05, 3.63) is 29.8 Å². The second-order valence-electron chi connectivity index (χ2n) is 6.41. The first-order valence-corrected chi connectivity index (χ1v) is 9.49. The molecule has 162 valence electrons. The number of amides is 2. The van der Waals surface area contributed by atoms with Crippen molar-refractivity contribution < 1.29 is 19.4 Å². The molecule has 1 heterocycles. The minimum atomic E-state index is -0.332. The number of guanidine groups is 1. The van der Waals surface area contributed by atoms with Crippen LogP contribution < -0.4 is 16.0 Å². The summed E-state index contributed by atoms with van der Waals surface area (Å²) in [7, 11) is 1.39. The number of carbonyl (C=O) groups is 2. The molecule has 29 heavy (non-hydrogen) atoms. The van der Waals surface area contributed by atoms with Crippen LogP contribution in [0.5, 0.6) is 5.75 Å². The van der Waals surface area contributed by atoms with Crippen molar-refractivity contribution in [1.82, 2.24) is 20.9 Å². The van der Waals surface area contributed by atoms with Crippen molar-refractivity contribution in [3.8, 4) is 5.75 Å². The largest absolute Gasteiger partial charge is 0.507 e. The van der Waals surface area contributed by atoms with Gasteiger partial charge in [-0.2, -0.15) is 0 Å². The number of aliphatic imine (C=N–C) groups is 1. The highest BCUT2D eigenvalue weighted by Gasteiger charge is 2.23. The number of likely N-dealkylation sites (tertiary alicyclic amines) is 1. The molecule has 1 aromatic rings. The maximum atomic E-state index is 12.1. The molecular weight excluding hydrogens is 489 g/mol. The van der Waals surface area contributed by atoms with Gasteiger partial charge in [-0.3, -0.25) is 9.79 Å². The highest BCUT2D eigenvalue weighted by Crippen LogP contribution is 2.14. The molecule has 0 radical (unpaired) electrons. The SMILES string of the molecule is CCNC(=NCCNC(=O)c1ccccc1O)NC1CCN(C(=O)OC)CC1.I. The molecule has 4 N–H and O–H groups in total. The predicted octanol–water partition coefficient (Wildman–Crippen LogP) is 1.53. The molecule has 9 nitrogen and oxygen atoms in total. The third kappa shape index (κ3) is 7.95. The van der Waals surface area contributed by atoms with Gasteiger partial charge in [-0.15, -0.1) is 24.0 Å². The average molecular weight is 519 g/mol. The number of nitrogens with one attached hydrogen (secondary N) is 3. The lowest BCUT2D eigenvalue weighted by Gasteiger charge is -2.32. The zero-order valence-corrected chi connectivity index (χ0v) is 19.1. The Morgan fingerprint density at radius 3 is 2.55 bits per heavy atom. The highest BCUT2D eigenvalue weighted by atomic mass is 127. The van der Waals surface area contributed by atoms with E-state index in [9.17, 15) is 14.7 Å². The summed E-state index contributed by atoms with van der Waals surface area (Å²) in [5, 5.41) is 19.0. The number of nitrogens with zero attached hydrogens (tertiary/aromatic N) is 2. The first-order valence-electron chi connectivity index (χ1n) is 9.49. The molecule has 0 unspecified atom stereocenters. The molecule has 10 heteroatoms. The molecule has 0 bridgehead atoms. The topological polar surface area (TPSA) is 115 Å². The van der Waals surface area contributed by atoms with Crippen LogP contribution in [-0.4, -0.2) is 73.8 Å². The van der Waals surface area contributed by atoms with Gasteiger partial charge in [0.05, 0.1) is 19.2 Å². The fraction of sp³-hybridized carbons (Fsp3) is 0.526. The number of benzene rings is 1.